The van der Waals surface area contributed by atoms with Crippen molar-refractivity contribution >= 4 is 29.1 Å². The van der Waals surface area contributed by atoms with E-state index >= 15 is 0 Å². The molecule has 1 aromatic heterocycles. The summed E-state index contributed by atoms with van der Waals surface area (Å²) >= 11 is 0. The lowest BCUT2D eigenvalue weighted by atomic mass is 10.0. The van der Waals surface area contributed by atoms with Crippen LogP contribution in [0.5, 0.6) is 0 Å². The molecule has 2 aromatic carbocycles. The van der Waals surface area contributed by atoms with Gasteiger partial charge in [-0.3, -0.25) is 14.4 Å². The molecule has 3 amide bonds. The molecule has 1 aliphatic rings. The number of benzene rings is 2. The van der Waals surface area contributed by atoms with Crippen LogP contribution >= 0.6 is 0 Å². The van der Waals surface area contributed by atoms with Crippen molar-refractivity contribution in [1.82, 2.24) is 5.32 Å². The molecule has 0 unspecified atom stereocenters. The number of hydrogen-bond acceptors (Lipinski definition) is 4. The Kier molecular flexibility index (Phi) is 6.12. The van der Waals surface area contributed by atoms with Gasteiger partial charge < -0.3 is 20.0 Å². The SMILES string of the molecule is O=C(N[C@@H](Cc1ccccc1)C(=O)Nc1cccc(N2CCCC2=O)c1)c1ccco1. The molecule has 2 N–H and O–H groups in total. The average Bonchev–Trinajstić information content (AvgIpc) is 3.46. The summed E-state index contributed by atoms with van der Waals surface area (Å²) in [4.78, 5) is 39.3. The fourth-order valence-electron chi connectivity index (χ4n) is 3.60. The third kappa shape index (κ3) is 5.01. The monoisotopic (exact) mass is 417 g/mol. The highest BCUT2D eigenvalue weighted by Crippen LogP contribution is 2.24. The molecular weight excluding hydrogens is 394 g/mol. The number of nitrogens with one attached hydrogen (secondary N) is 2. The van der Waals surface area contributed by atoms with Crippen LogP contribution in [0.1, 0.15) is 29.0 Å². The molecular formula is C24H23N3O4. The number of amides is 3. The number of carbonyl (C=O) groups excluding carboxylic acids is 3. The zero-order valence-corrected chi connectivity index (χ0v) is 16.9. The molecule has 0 saturated carbocycles. The lowest BCUT2D eigenvalue weighted by Gasteiger charge is -2.20. The zero-order chi connectivity index (χ0) is 21.6. The molecule has 3 aromatic rings. The normalized spacial score (nSPS) is 14.3. The molecule has 31 heavy (non-hydrogen) atoms. The Balaban J connectivity index is 1.51. The van der Waals surface area contributed by atoms with Crippen LogP contribution in [0.25, 0.3) is 0 Å². The third-order valence-corrected chi connectivity index (χ3v) is 5.15. The van der Waals surface area contributed by atoms with E-state index in [1.807, 2.05) is 36.4 Å². The lowest BCUT2D eigenvalue weighted by Crippen LogP contribution is -2.45. The second-order valence-corrected chi connectivity index (χ2v) is 7.38. The van der Waals surface area contributed by atoms with Gasteiger partial charge in [-0.15, -0.1) is 0 Å². The van der Waals surface area contributed by atoms with Crippen LogP contribution in [-0.4, -0.2) is 30.3 Å². The van der Waals surface area contributed by atoms with Gasteiger partial charge >= 0.3 is 0 Å². The third-order valence-electron chi connectivity index (χ3n) is 5.15. The number of furan rings is 1. The van der Waals surface area contributed by atoms with Gasteiger partial charge in [-0.25, -0.2) is 0 Å². The molecule has 0 spiro atoms. The fraction of sp³-hybridized carbons (Fsp3) is 0.208. The average molecular weight is 417 g/mol. The largest absolute Gasteiger partial charge is 0.459 e. The summed E-state index contributed by atoms with van der Waals surface area (Å²) in [6, 6.07) is 19.0. The Hall–Kier alpha value is -3.87. The van der Waals surface area contributed by atoms with Crippen LogP contribution < -0.4 is 15.5 Å². The first-order valence-corrected chi connectivity index (χ1v) is 10.2. The van der Waals surface area contributed by atoms with E-state index in [0.717, 1.165) is 17.7 Å². The van der Waals surface area contributed by atoms with Crippen LogP contribution in [0, 0.1) is 0 Å². The summed E-state index contributed by atoms with van der Waals surface area (Å²) < 4.78 is 5.15. The van der Waals surface area contributed by atoms with Gasteiger partial charge in [0.2, 0.25) is 11.8 Å². The number of nitrogens with zero attached hydrogens (tertiary/aromatic N) is 1. The van der Waals surface area contributed by atoms with E-state index in [1.54, 1.807) is 35.2 Å². The molecule has 7 nitrogen and oxygen atoms in total. The van der Waals surface area contributed by atoms with Crippen LogP contribution in [0.4, 0.5) is 11.4 Å². The van der Waals surface area contributed by atoms with E-state index < -0.39 is 11.9 Å². The smallest absolute Gasteiger partial charge is 0.287 e. The minimum atomic E-state index is -0.808. The quantitative estimate of drug-likeness (QED) is 0.616. The summed E-state index contributed by atoms with van der Waals surface area (Å²) in [5.41, 5.74) is 2.23. The first-order valence-electron chi connectivity index (χ1n) is 10.2. The van der Waals surface area contributed by atoms with Crippen LogP contribution in [0.15, 0.2) is 77.4 Å². The Morgan fingerprint density at radius 3 is 2.58 bits per heavy atom. The fourth-order valence-corrected chi connectivity index (χ4v) is 3.60. The minimum Gasteiger partial charge on any atom is -0.459 e. The molecule has 158 valence electrons. The van der Waals surface area contributed by atoms with E-state index in [-0.39, 0.29) is 17.6 Å². The molecule has 1 aliphatic heterocycles. The molecule has 0 bridgehead atoms. The van der Waals surface area contributed by atoms with Crippen molar-refractivity contribution in [1.29, 1.82) is 0 Å². The van der Waals surface area contributed by atoms with Gasteiger partial charge in [0.1, 0.15) is 6.04 Å². The van der Waals surface area contributed by atoms with Crippen LogP contribution in [0.2, 0.25) is 0 Å². The summed E-state index contributed by atoms with van der Waals surface area (Å²) in [5, 5.41) is 5.62. The maximum atomic E-state index is 13.1. The van der Waals surface area contributed by atoms with Gasteiger partial charge in [-0.05, 0) is 42.3 Å². The van der Waals surface area contributed by atoms with E-state index in [1.165, 1.54) is 6.26 Å². The Morgan fingerprint density at radius 2 is 1.87 bits per heavy atom. The summed E-state index contributed by atoms with van der Waals surface area (Å²) in [6.45, 7) is 0.673. The van der Waals surface area contributed by atoms with Crippen LogP contribution in [-0.2, 0) is 16.0 Å². The zero-order valence-electron chi connectivity index (χ0n) is 16.9. The number of hydrogen-bond donors (Lipinski definition) is 2. The van der Waals surface area contributed by atoms with Gasteiger partial charge in [-0.1, -0.05) is 36.4 Å². The van der Waals surface area contributed by atoms with Crippen LogP contribution in [0.3, 0.4) is 0 Å². The second kappa shape index (κ2) is 9.30. The molecule has 0 aliphatic carbocycles. The molecule has 2 heterocycles. The summed E-state index contributed by atoms with van der Waals surface area (Å²) in [7, 11) is 0. The highest BCUT2D eigenvalue weighted by molar-refractivity contribution is 6.01. The van der Waals surface area contributed by atoms with Gasteiger partial charge in [0, 0.05) is 30.8 Å². The number of anilines is 2. The maximum absolute atomic E-state index is 13.1. The molecule has 7 heteroatoms. The maximum Gasteiger partial charge on any atom is 0.287 e. The van der Waals surface area contributed by atoms with E-state index in [4.69, 9.17) is 4.42 Å². The number of carbonyl (C=O) groups is 3. The second-order valence-electron chi connectivity index (χ2n) is 7.38. The van der Waals surface area contributed by atoms with Crippen molar-refractivity contribution in [2.75, 3.05) is 16.8 Å². The van der Waals surface area contributed by atoms with Crippen molar-refractivity contribution in [2.24, 2.45) is 0 Å². The van der Waals surface area contributed by atoms with Gasteiger partial charge in [0.15, 0.2) is 5.76 Å². The van der Waals surface area contributed by atoms with Crippen molar-refractivity contribution in [3.63, 3.8) is 0 Å². The predicted molar refractivity (Wildman–Crippen MR) is 117 cm³/mol. The van der Waals surface area contributed by atoms with Crippen molar-refractivity contribution in [3.8, 4) is 0 Å². The van der Waals surface area contributed by atoms with Gasteiger partial charge in [-0.2, -0.15) is 0 Å². The van der Waals surface area contributed by atoms with Crippen molar-refractivity contribution in [2.45, 2.75) is 25.3 Å². The Bertz CT molecular complexity index is 1060. The lowest BCUT2D eigenvalue weighted by molar-refractivity contribution is -0.118. The summed E-state index contributed by atoms with van der Waals surface area (Å²) in [6.07, 6.45) is 3.09. The standard InChI is InChI=1S/C24H23N3O4/c28-22-12-5-13-27(22)19-10-4-9-18(16-19)25-23(29)20(15-17-7-2-1-3-8-17)26-24(30)21-11-6-14-31-21/h1-4,6-11,14,16,20H,5,12-13,15H2,(H,25,29)(H,26,30)/t20-/m0/s1. The molecule has 1 saturated heterocycles. The van der Waals surface area contributed by atoms with E-state index in [9.17, 15) is 14.4 Å². The summed E-state index contributed by atoms with van der Waals surface area (Å²) in [5.74, 6) is -0.595. The molecule has 0 radical (unpaired) electrons. The van der Waals surface area contributed by atoms with E-state index in [0.29, 0.717) is 25.1 Å². The van der Waals surface area contributed by atoms with E-state index in [2.05, 4.69) is 10.6 Å². The molecule has 4 rings (SSSR count). The topological polar surface area (TPSA) is 91.7 Å². The van der Waals surface area contributed by atoms with Crippen molar-refractivity contribution < 1.29 is 18.8 Å². The van der Waals surface area contributed by atoms with Crippen molar-refractivity contribution in [3.05, 3.63) is 84.3 Å². The molecule has 1 fully saturated rings. The first kappa shape index (κ1) is 20.4. The first-order chi connectivity index (χ1) is 15.1. The van der Waals surface area contributed by atoms with Gasteiger partial charge in [0.25, 0.3) is 5.91 Å². The predicted octanol–water partition coefficient (Wildman–Crippen LogP) is 3.39. The number of rotatable bonds is 7. The Labute approximate surface area is 180 Å². The highest BCUT2D eigenvalue weighted by atomic mass is 16.3. The van der Waals surface area contributed by atoms with Gasteiger partial charge in [0.05, 0.1) is 6.26 Å². The Morgan fingerprint density at radius 1 is 1.03 bits per heavy atom. The highest BCUT2D eigenvalue weighted by Gasteiger charge is 2.25. The minimum absolute atomic E-state index is 0.0798. The molecule has 1 atom stereocenters.